The van der Waals surface area contributed by atoms with Crippen molar-refractivity contribution in [3.63, 3.8) is 0 Å². The van der Waals surface area contributed by atoms with Crippen LogP contribution in [-0.2, 0) is 4.79 Å². The highest BCUT2D eigenvalue weighted by Gasteiger charge is 2.45. The Labute approximate surface area is 182 Å². The molecule has 2 heterocycles. The van der Waals surface area contributed by atoms with Crippen LogP contribution in [0.4, 0.5) is 30.6 Å². The molecule has 31 heavy (non-hydrogen) atoms. The SMILES string of the molecule is CNc1nc(Nc2ccc(C(N3CCN(C=O)CC3)C(F)(F)F)cc2OC)ncc1Cl. The Hall–Kier alpha value is -2.79. The van der Waals surface area contributed by atoms with Crippen LogP contribution < -0.4 is 15.4 Å². The van der Waals surface area contributed by atoms with Gasteiger partial charge in [0.05, 0.1) is 19.0 Å². The van der Waals surface area contributed by atoms with Crippen LogP contribution >= 0.6 is 11.6 Å². The molecule has 1 aliphatic heterocycles. The number of rotatable bonds is 7. The Balaban J connectivity index is 1.88. The number of aromatic nitrogens is 2. The maximum atomic E-state index is 14.0. The molecule has 1 saturated heterocycles. The highest BCUT2D eigenvalue weighted by molar-refractivity contribution is 6.32. The summed E-state index contributed by atoms with van der Waals surface area (Å²) in [6, 6.07) is 2.42. The first-order valence-electron chi connectivity index (χ1n) is 9.42. The first-order valence-corrected chi connectivity index (χ1v) is 9.80. The van der Waals surface area contributed by atoms with Crippen molar-refractivity contribution in [2.45, 2.75) is 12.2 Å². The lowest BCUT2D eigenvalue weighted by atomic mass is 10.0. The number of piperazine rings is 1. The van der Waals surface area contributed by atoms with Gasteiger partial charge in [0.15, 0.2) is 0 Å². The van der Waals surface area contributed by atoms with Crippen molar-refractivity contribution in [3.05, 3.63) is 35.0 Å². The molecular weight excluding hydrogens is 437 g/mol. The third-order valence-corrected chi connectivity index (χ3v) is 5.22. The van der Waals surface area contributed by atoms with Gasteiger partial charge in [0.1, 0.15) is 22.6 Å². The van der Waals surface area contributed by atoms with Crippen molar-refractivity contribution in [1.82, 2.24) is 19.8 Å². The van der Waals surface area contributed by atoms with Crippen molar-refractivity contribution in [3.8, 4) is 5.75 Å². The molecule has 1 amide bonds. The number of benzene rings is 1. The van der Waals surface area contributed by atoms with E-state index >= 15 is 0 Å². The summed E-state index contributed by atoms with van der Waals surface area (Å²) in [7, 11) is 3.02. The van der Waals surface area contributed by atoms with E-state index in [0.717, 1.165) is 0 Å². The molecule has 3 rings (SSSR count). The Morgan fingerprint density at radius 2 is 1.97 bits per heavy atom. The van der Waals surface area contributed by atoms with Gasteiger partial charge in [-0.3, -0.25) is 9.69 Å². The molecule has 0 spiro atoms. The first kappa shape index (κ1) is 22.9. The quantitative estimate of drug-likeness (QED) is 0.616. The van der Waals surface area contributed by atoms with Gasteiger partial charge in [0, 0.05) is 33.2 Å². The van der Waals surface area contributed by atoms with E-state index in [4.69, 9.17) is 16.3 Å². The second-order valence-electron chi connectivity index (χ2n) is 6.85. The van der Waals surface area contributed by atoms with Gasteiger partial charge in [-0.05, 0) is 17.7 Å². The van der Waals surface area contributed by atoms with E-state index < -0.39 is 12.2 Å². The smallest absolute Gasteiger partial charge is 0.408 e. The second kappa shape index (κ2) is 9.56. The minimum Gasteiger partial charge on any atom is -0.495 e. The molecule has 1 aliphatic rings. The molecule has 1 fully saturated rings. The Bertz CT molecular complexity index is 922. The molecule has 0 saturated carbocycles. The zero-order valence-corrected chi connectivity index (χ0v) is 17.7. The molecule has 12 heteroatoms. The normalized spacial score (nSPS) is 16.0. The number of amides is 1. The number of anilines is 3. The predicted octanol–water partition coefficient (Wildman–Crippen LogP) is 3.30. The van der Waals surface area contributed by atoms with Crippen molar-refractivity contribution >= 4 is 35.5 Å². The van der Waals surface area contributed by atoms with Crippen molar-refractivity contribution in [2.24, 2.45) is 0 Å². The zero-order chi connectivity index (χ0) is 22.6. The topological polar surface area (TPSA) is 82.6 Å². The molecular formula is C19H22ClF3N6O2. The minimum atomic E-state index is -4.50. The Kier molecular flexibility index (Phi) is 7.06. The number of halogens is 4. The number of hydrogen-bond acceptors (Lipinski definition) is 7. The van der Waals surface area contributed by atoms with E-state index in [9.17, 15) is 18.0 Å². The third kappa shape index (κ3) is 5.28. The van der Waals surface area contributed by atoms with Crippen molar-refractivity contribution in [1.29, 1.82) is 0 Å². The summed E-state index contributed by atoms with van der Waals surface area (Å²) < 4.78 is 47.2. The average Bonchev–Trinajstić information content (AvgIpc) is 2.75. The fourth-order valence-corrected chi connectivity index (χ4v) is 3.60. The summed E-state index contributed by atoms with van der Waals surface area (Å²) in [5.41, 5.74) is 0.449. The number of carbonyl (C=O) groups is 1. The van der Waals surface area contributed by atoms with E-state index in [1.165, 1.54) is 41.3 Å². The molecule has 1 atom stereocenters. The molecule has 1 unspecified atom stereocenters. The lowest BCUT2D eigenvalue weighted by Crippen LogP contribution is -2.50. The largest absolute Gasteiger partial charge is 0.495 e. The van der Waals surface area contributed by atoms with E-state index in [1.54, 1.807) is 7.05 Å². The van der Waals surface area contributed by atoms with Crippen LogP contribution in [0.2, 0.25) is 5.02 Å². The summed E-state index contributed by atoms with van der Waals surface area (Å²) in [6.45, 7) is 0.733. The first-order chi connectivity index (χ1) is 14.8. The van der Waals surface area contributed by atoms with E-state index in [0.29, 0.717) is 22.9 Å². The van der Waals surface area contributed by atoms with Gasteiger partial charge >= 0.3 is 6.18 Å². The van der Waals surface area contributed by atoms with Crippen LogP contribution in [0.3, 0.4) is 0 Å². The van der Waals surface area contributed by atoms with Gasteiger partial charge in [-0.15, -0.1) is 0 Å². The molecule has 2 aromatic rings. The van der Waals surface area contributed by atoms with Crippen LogP contribution in [0.1, 0.15) is 11.6 Å². The number of nitrogens with zero attached hydrogens (tertiary/aromatic N) is 4. The van der Waals surface area contributed by atoms with E-state index in [2.05, 4.69) is 20.6 Å². The summed E-state index contributed by atoms with van der Waals surface area (Å²) >= 11 is 5.97. The maximum Gasteiger partial charge on any atom is 0.408 e. The molecule has 0 radical (unpaired) electrons. The van der Waals surface area contributed by atoms with Crippen molar-refractivity contribution in [2.75, 3.05) is 51.0 Å². The number of alkyl halides is 3. The summed E-state index contributed by atoms with van der Waals surface area (Å²) in [5.74, 6) is 0.821. The van der Waals surface area contributed by atoms with Crippen LogP contribution in [-0.4, -0.2) is 72.7 Å². The summed E-state index contributed by atoms with van der Waals surface area (Å²) in [4.78, 5) is 21.9. The molecule has 0 aliphatic carbocycles. The van der Waals surface area contributed by atoms with Crippen molar-refractivity contribution < 1.29 is 22.7 Å². The van der Waals surface area contributed by atoms with Gasteiger partial charge in [-0.1, -0.05) is 17.7 Å². The monoisotopic (exact) mass is 458 g/mol. The standard InChI is InChI=1S/C19H22ClF3N6O2/c1-24-17-13(20)10-25-18(27-17)26-14-4-3-12(9-15(14)31-2)16(19(21,22)23)29-7-5-28(11-30)6-8-29/h3-4,9-11,16H,5-8H2,1-2H3,(H2,24,25,26,27). The van der Waals surface area contributed by atoms with Gasteiger partial charge in [0.25, 0.3) is 0 Å². The van der Waals surface area contributed by atoms with E-state index in [1.807, 2.05) is 0 Å². The Morgan fingerprint density at radius 3 is 2.55 bits per heavy atom. The number of nitrogens with one attached hydrogen (secondary N) is 2. The molecule has 168 valence electrons. The highest BCUT2D eigenvalue weighted by atomic mass is 35.5. The number of methoxy groups -OCH3 is 1. The summed E-state index contributed by atoms with van der Waals surface area (Å²) in [5, 5.41) is 6.09. The lowest BCUT2D eigenvalue weighted by molar-refractivity contribution is -0.190. The molecule has 0 bridgehead atoms. The van der Waals surface area contributed by atoms with Gasteiger partial charge in [-0.25, -0.2) is 4.98 Å². The van der Waals surface area contributed by atoms with Gasteiger partial charge < -0.3 is 20.3 Å². The molecule has 1 aromatic heterocycles. The van der Waals surface area contributed by atoms with Crippen LogP contribution in [0, 0.1) is 0 Å². The molecule has 1 aromatic carbocycles. The number of carbonyl (C=O) groups excluding carboxylic acids is 1. The maximum absolute atomic E-state index is 14.0. The predicted molar refractivity (Wildman–Crippen MR) is 111 cm³/mol. The van der Waals surface area contributed by atoms with Gasteiger partial charge in [0.2, 0.25) is 12.4 Å². The van der Waals surface area contributed by atoms with Crippen LogP contribution in [0.25, 0.3) is 0 Å². The van der Waals surface area contributed by atoms with Crippen LogP contribution in [0.5, 0.6) is 5.75 Å². The molecule has 8 nitrogen and oxygen atoms in total. The van der Waals surface area contributed by atoms with Gasteiger partial charge in [-0.2, -0.15) is 18.2 Å². The fourth-order valence-electron chi connectivity index (χ4n) is 3.41. The lowest BCUT2D eigenvalue weighted by Gasteiger charge is -2.39. The molecule has 2 N–H and O–H groups in total. The highest BCUT2D eigenvalue weighted by Crippen LogP contribution is 2.41. The summed E-state index contributed by atoms with van der Waals surface area (Å²) in [6.07, 6.45) is -2.44. The zero-order valence-electron chi connectivity index (χ0n) is 16.9. The number of ether oxygens (including phenoxy) is 1. The van der Waals surface area contributed by atoms with E-state index in [-0.39, 0.29) is 43.4 Å². The third-order valence-electron chi connectivity index (χ3n) is 4.94. The number of hydrogen-bond donors (Lipinski definition) is 2. The Morgan fingerprint density at radius 1 is 1.26 bits per heavy atom. The minimum absolute atomic E-state index is 0.0439. The van der Waals surface area contributed by atoms with Crippen LogP contribution in [0.15, 0.2) is 24.4 Å². The fraction of sp³-hybridized carbons (Fsp3) is 0.421. The second-order valence-corrected chi connectivity index (χ2v) is 7.25. The average molecular weight is 459 g/mol.